The molecule has 0 fully saturated rings. The van der Waals surface area contributed by atoms with E-state index in [1.807, 2.05) is 18.2 Å². The first-order valence-electron chi connectivity index (χ1n) is 7.86. The maximum absolute atomic E-state index is 12.5. The van der Waals surface area contributed by atoms with E-state index in [2.05, 4.69) is 9.46 Å². The first-order valence-corrected chi connectivity index (χ1v) is 9.35. The minimum atomic E-state index is -4.11. The normalized spacial score (nSPS) is 16.1. The highest BCUT2D eigenvalue weighted by Gasteiger charge is 2.29. The highest BCUT2D eigenvalue weighted by atomic mass is 32.2. The Morgan fingerprint density at radius 2 is 1.92 bits per heavy atom. The summed E-state index contributed by atoms with van der Waals surface area (Å²) >= 11 is 0. The van der Waals surface area contributed by atoms with Crippen molar-refractivity contribution < 1.29 is 27.5 Å². The second-order valence-corrected chi connectivity index (χ2v) is 7.49. The molecule has 0 saturated carbocycles. The highest BCUT2D eigenvalue weighted by molar-refractivity contribution is 7.90. The number of para-hydroxylation sites is 1. The van der Waals surface area contributed by atoms with E-state index in [1.165, 1.54) is 25.3 Å². The van der Waals surface area contributed by atoms with E-state index in [4.69, 9.17) is 4.74 Å². The average molecular weight is 375 g/mol. The second kappa shape index (κ2) is 7.17. The molecule has 0 aliphatic carbocycles. The van der Waals surface area contributed by atoms with E-state index < -0.39 is 27.8 Å². The molecule has 26 heavy (non-hydrogen) atoms. The third-order valence-electron chi connectivity index (χ3n) is 4.05. The van der Waals surface area contributed by atoms with Crippen LogP contribution in [0.15, 0.2) is 53.4 Å². The van der Waals surface area contributed by atoms with Crippen LogP contribution in [0.25, 0.3) is 0 Å². The molecule has 2 aromatic carbocycles. The van der Waals surface area contributed by atoms with Crippen molar-refractivity contribution in [3.05, 3.63) is 59.7 Å². The van der Waals surface area contributed by atoms with Gasteiger partial charge < -0.3 is 9.47 Å². The maximum Gasteiger partial charge on any atom is 0.337 e. The van der Waals surface area contributed by atoms with Crippen molar-refractivity contribution in [2.24, 2.45) is 5.92 Å². The van der Waals surface area contributed by atoms with Gasteiger partial charge in [0, 0.05) is 0 Å². The standard InChI is InChI=1S/C18H17NO6S/c1-24-18(21)13-6-4-7-15(10-13)26(22,23)19-17(20)14-9-12-5-2-3-8-16(12)25-11-14/h2-8,10,14H,9,11H2,1H3,(H,19,20)/t14-/m1/s1. The zero-order valence-electron chi connectivity index (χ0n) is 14.0. The number of hydrogen-bond acceptors (Lipinski definition) is 6. The van der Waals surface area contributed by atoms with Gasteiger partial charge in [-0.1, -0.05) is 24.3 Å². The summed E-state index contributed by atoms with van der Waals surface area (Å²) in [5.74, 6) is -1.23. The first-order chi connectivity index (χ1) is 12.4. The van der Waals surface area contributed by atoms with Crippen molar-refractivity contribution in [3.63, 3.8) is 0 Å². The number of hydrogen-bond donors (Lipinski definition) is 1. The van der Waals surface area contributed by atoms with Gasteiger partial charge in [-0.05, 0) is 36.2 Å². The topological polar surface area (TPSA) is 98.8 Å². The average Bonchev–Trinajstić information content (AvgIpc) is 2.66. The number of rotatable bonds is 4. The molecule has 3 rings (SSSR count). The Balaban J connectivity index is 1.76. The lowest BCUT2D eigenvalue weighted by atomic mass is 9.96. The zero-order valence-corrected chi connectivity index (χ0v) is 14.8. The number of fused-ring (bicyclic) bond motifs is 1. The number of esters is 1. The van der Waals surface area contributed by atoms with Crippen molar-refractivity contribution in [3.8, 4) is 5.75 Å². The summed E-state index contributed by atoms with van der Waals surface area (Å²) in [7, 11) is -2.91. The van der Waals surface area contributed by atoms with E-state index in [1.54, 1.807) is 6.07 Å². The Kier molecular flexibility index (Phi) is 4.94. The summed E-state index contributed by atoms with van der Waals surface area (Å²) in [5, 5.41) is 0. The summed E-state index contributed by atoms with van der Waals surface area (Å²) in [6.45, 7) is 0.0978. The van der Waals surface area contributed by atoms with Crippen molar-refractivity contribution >= 4 is 21.9 Å². The Morgan fingerprint density at radius 3 is 2.69 bits per heavy atom. The summed E-state index contributed by atoms with van der Waals surface area (Å²) in [5.41, 5.74) is 0.932. The van der Waals surface area contributed by atoms with Gasteiger partial charge in [0.2, 0.25) is 5.91 Å². The lowest BCUT2D eigenvalue weighted by Crippen LogP contribution is -2.40. The molecule has 1 atom stereocenters. The van der Waals surface area contributed by atoms with Crippen LogP contribution in [0.5, 0.6) is 5.75 Å². The lowest BCUT2D eigenvalue weighted by Gasteiger charge is -2.24. The summed E-state index contributed by atoms with van der Waals surface area (Å²) < 4.78 is 37.1. The van der Waals surface area contributed by atoms with E-state index in [0.29, 0.717) is 12.2 Å². The molecule has 0 aromatic heterocycles. The SMILES string of the molecule is COC(=O)c1cccc(S(=O)(=O)NC(=O)[C@H]2COc3ccccc3C2)c1. The van der Waals surface area contributed by atoms with Gasteiger partial charge in [-0.15, -0.1) is 0 Å². The predicted molar refractivity (Wildman–Crippen MR) is 92.2 cm³/mol. The number of carbonyl (C=O) groups excluding carboxylic acids is 2. The van der Waals surface area contributed by atoms with Gasteiger partial charge in [-0.2, -0.15) is 0 Å². The summed E-state index contributed by atoms with van der Waals surface area (Å²) in [6.07, 6.45) is 0.389. The van der Waals surface area contributed by atoms with E-state index in [9.17, 15) is 18.0 Å². The fourth-order valence-electron chi connectivity index (χ4n) is 2.68. The minimum absolute atomic E-state index is 0.0813. The van der Waals surface area contributed by atoms with Crippen LogP contribution in [0.3, 0.4) is 0 Å². The molecule has 1 aliphatic rings. The minimum Gasteiger partial charge on any atom is -0.492 e. The molecule has 0 bridgehead atoms. The largest absolute Gasteiger partial charge is 0.492 e. The third kappa shape index (κ3) is 3.70. The molecule has 1 amide bonds. The Hall–Kier alpha value is -2.87. The van der Waals surface area contributed by atoms with E-state index in [-0.39, 0.29) is 17.1 Å². The molecule has 1 aliphatic heterocycles. The Morgan fingerprint density at radius 1 is 1.15 bits per heavy atom. The van der Waals surface area contributed by atoms with Gasteiger partial charge in [0.1, 0.15) is 12.4 Å². The van der Waals surface area contributed by atoms with Crippen LogP contribution in [-0.4, -0.2) is 34.0 Å². The number of methoxy groups -OCH3 is 1. The van der Waals surface area contributed by atoms with Gasteiger partial charge >= 0.3 is 5.97 Å². The maximum atomic E-state index is 12.5. The van der Waals surface area contributed by atoms with Gasteiger partial charge in [0.05, 0.1) is 23.5 Å². The van der Waals surface area contributed by atoms with Crippen molar-refractivity contribution in [2.45, 2.75) is 11.3 Å². The summed E-state index contributed by atoms with van der Waals surface area (Å²) in [6, 6.07) is 12.6. The number of nitrogens with one attached hydrogen (secondary N) is 1. The highest BCUT2D eigenvalue weighted by Crippen LogP contribution is 2.27. The van der Waals surface area contributed by atoms with E-state index in [0.717, 1.165) is 11.6 Å². The van der Waals surface area contributed by atoms with Gasteiger partial charge in [0.15, 0.2) is 0 Å². The molecule has 1 N–H and O–H groups in total. The monoisotopic (exact) mass is 375 g/mol. The van der Waals surface area contributed by atoms with Crippen LogP contribution < -0.4 is 9.46 Å². The number of ether oxygens (including phenoxy) is 2. The van der Waals surface area contributed by atoms with Crippen LogP contribution in [0.4, 0.5) is 0 Å². The molecule has 136 valence electrons. The molecule has 0 spiro atoms. The zero-order chi connectivity index (χ0) is 18.7. The molecule has 8 heteroatoms. The number of carbonyl (C=O) groups is 2. The molecule has 2 aromatic rings. The molecule has 0 radical (unpaired) electrons. The second-order valence-electron chi connectivity index (χ2n) is 5.81. The van der Waals surface area contributed by atoms with Crippen molar-refractivity contribution in [1.29, 1.82) is 0 Å². The molecule has 0 saturated heterocycles. The Labute approximate surface area is 151 Å². The molecule has 0 unspecified atom stereocenters. The van der Waals surface area contributed by atoms with Crippen LogP contribution in [-0.2, 0) is 26.0 Å². The van der Waals surface area contributed by atoms with Crippen LogP contribution in [0.1, 0.15) is 15.9 Å². The molecular formula is C18H17NO6S. The van der Waals surface area contributed by atoms with Crippen LogP contribution in [0.2, 0.25) is 0 Å². The van der Waals surface area contributed by atoms with Crippen molar-refractivity contribution in [2.75, 3.05) is 13.7 Å². The third-order valence-corrected chi connectivity index (χ3v) is 5.39. The van der Waals surface area contributed by atoms with Gasteiger partial charge in [0.25, 0.3) is 10.0 Å². The lowest BCUT2D eigenvalue weighted by molar-refractivity contribution is -0.124. The quantitative estimate of drug-likeness (QED) is 0.814. The van der Waals surface area contributed by atoms with Crippen LogP contribution >= 0.6 is 0 Å². The Bertz CT molecular complexity index is 954. The fourth-order valence-corrected chi connectivity index (χ4v) is 3.77. The molecule has 7 nitrogen and oxygen atoms in total. The number of amides is 1. The van der Waals surface area contributed by atoms with Crippen LogP contribution in [0, 0.1) is 5.92 Å². The fraction of sp³-hybridized carbons (Fsp3) is 0.222. The summed E-state index contributed by atoms with van der Waals surface area (Å²) in [4.78, 5) is 23.8. The smallest absolute Gasteiger partial charge is 0.337 e. The number of benzene rings is 2. The first kappa shape index (κ1) is 17.9. The van der Waals surface area contributed by atoms with E-state index >= 15 is 0 Å². The number of sulfonamides is 1. The molecule has 1 heterocycles. The van der Waals surface area contributed by atoms with Gasteiger partial charge in [-0.3, -0.25) is 4.79 Å². The molecular weight excluding hydrogens is 358 g/mol. The predicted octanol–water partition coefficient (Wildman–Crippen LogP) is 1.53. The van der Waals surface area contributed by atoms with Crippen molar-refractivity contribution in [1.82, 2.24) is 4.72 Å². The van der Waals surface area contributed by atoms with Gasteiger partial charge in [-0.25, -0.2) is 17.9 Å².